The van der Waals surface area contributed by atoms with E-state index in [1.165, 1.54) is 17.7 Å². The SMILES string of the molecule is Cc1cc(C(=O)NC2CCN(Cc3ccc(Cl)cc3)CC2)ccc1OC1CCN(Cc2ccc(F)c(F)c2)CC1. The molecule has 0 saturated carbocycles. The molecule has 2 saturated heterocycles. The molecule has 3 aromatic rings. The van der Waals surface area contributed by atoms with Gasteiger partial charge in [-0.25, -0.2) is 8.78 Å². The zero-order valence-corrected chi connectivity index (χ0v) is 23.6. The van der Waals surface area contributed by atoms with Crippen LogP contribution in [-0.2, 0) is 13.1 Å². The topological polar surface area (TPSA) is 44.8 Å². The van der Waals surface area contributed by atoms with Gasteiger partial charge >= 0.3 is 0 Å². The van der Waals surface area contributed by atoms with Gasteiger partial charge in [0.2, 0.25) is 0 Å². The fraction of sp³-hybridized carbons (Fsp3) is 0.406. The van der Waals surface area contributed by atoms with Crippen molar-refractivity contribution in [3.63, 3.8) is 0 Å². The van der Waals surface area contributed by atoms with Gasteiger partial charge in [-0.2, -0.15) is 0 Å². The maximum atomic E-state index is 13.5. The van der Waals surface area contributed by atoms with Crippen LogP contribution < -0.4 is 10.1 Å². The van der Waals surface area contributed by atoms with Crippen molar-refractivity contribution in [3.05, 3.63) is 99.6 Å². The van der Waals surface area contributed by atoms with Crippen LogP contribution in [0.25, 0.3) is 0 Å². The Labute approximate surface area is 240 Å². The van der Waals surface area contributed by atoms with Crippen LogP contribution in [0, 0.1) is 18.6 Å². The fourth-order valence-electron chi connectivity index (χ4n) is 5.54. The van der Waals surface area contributed by atoms with E-state index in [0.717, 1.165) is 80.3 Å². The second kappa shape index (κ2) is 13.1. The van der Waals surface area contributed by atoms with E-state index in [9.17, 15) is 13.6 Å². The number of carbonyl (C=O) groups excluding carboxylic acids is 1. The number of benzene rings is 3. The number of rotatable bonds is 8. The van der Waals surface area contributed by atoms with Gasteiger partial charge in [0.25, 0.3) is 5.91 Å². The monoisotopic (exact) mass is 567 g/mol. The number of ether oxygens (including phenoxy) is 1. The molecule has 1 amide bonds. The molecule has 0 aromatic heterocycles. The minimum atomic E-state index is -0.818. The van der Waals surface area contributed by atoms with Gasteiger partial charge in [0.05, 0.1) is 0 Å². The summed E-state index contributed by atoms with van der Waals surface area (Å²) in [6.07, 6.45) is 3.63. The molecule has 2 aliphatic heterocycles. The van der Waals surface area contributed by atoms with E-state index < -0.39 is 11.6 Å². The van der Waals surface area contributed by atoms with Gasteiger partial charge in [0.1, 0.15) is 11.9 Å². The third-order valence-corrected chi connectivity index (χ3v) is 8.15. The lowest BCUT2D eigenvalue weighted by Gasteiger charge is -2.33. The molecule has 40 heavy (non-hydrogen) atoms. The highest BCUT2D eigenvalue weighted by Crippen LogP contribution is 2.25. The van der Waals surface area contributed by atoms with Crippen LogP contribution >= 0.6 is 11.6 Å². The van der Waals surface area contributed by atoms with Gasteiger partial charge in [-0.3, -0.25) is 14.6 Å². The van der Waals surface area contributed by atoms with Crippen molar-refractivity contribution in [2.75, 3.05) is 26.2 Å². The van der Waals surface area contributed by atoms with E-state index in [2.05, 4.69) is 27.2 Å². The number of nitrogens with one attached hydrogen (secondary N) is 1. The third kappa shape index (κ3) is 7.59. The highest BCUT2D eigenvalue weighted by molar-refractivity contribution is 6.30. The second-order valence-electron chi connectivity index (χ2n) is 11.0. The maximum absolute atomic E-state index is 13.5. The number of carbonyl (C=O) groups is 1. The number of likely N-dealkylation sites (tertiary alicyclic amines) is 2. The molecule has 0 unspecified atom stereocenters. The predicted molar refractivity (Wildman–Crippen MR) is 154 cm³/mol. The van der Waals surface area contributed by atoms with Crippen LogP contribution in [0.2, 0.25) is 5.02 Å². The first-order valence-corrected chi connectivity index (χ1v) is 14.4. The molecule has 5 nitrogen and oxygen atoms in total. The largest absolute Gasteiger partial charge is 0.490 e. The van der Waals surface area contributed by atoms with E-state index in [1.54, 1.807) is 6.07 Å². The highest BCUT2D eigenvalue weighted by Gasteiger charge is 2.23. The summed E-state index contributed by atoms with van der Waals surface area (Å²) >= 11 is 5.99. The first-order valence-electron chi connectivity index (χ1n) is 14.0. The van der Waals surface area contributed by atoms with Gasteiger partial charge in [0.15, 0.2) is 11.6 Å². The summed E-state index contributed by atoms with van der Waals surface area (Å²) < 4.78 is 33.0. The quantitative estimate of drug-likeness (QED) is 0.344. The van der Waals surface area contributed by atoms with Crippen molar-refractivity contribution in [1.29, 1.82) is 0 Å². The standard InChI is InChI=1S/C32H36ClF2N3O2/c1-22-18-25(32(39)36-27-10-14-37(15-11-27)20-23-2-6-26(33)7-3-23)5-9-31(22)40-28-12-16-38(17-13-28)21-24-4-8-29(34)30(35)19-24/h2-9,18-19,27-28H,10-17,20-21H2,1H3,(H,36,39). The van der Waals surface area contributed by atoms with Crippen molar-refractivity contribution in [2.24, 2.45) is 0 Å². The summed E-state index contributed by atoms with van der Waals surface area (Å²) in [7, 11) is 0. The fourth-order valence-corrected chi connectivity index (χ4v) is 5.66. The summed E-state index contributed by atoms with van der Waals surface area (Å²) in [5.74, 6) is -0.873. The lowest BCUT2D eigenvalue weighted by molar-refractivity contribution is 0.0907. The number of nitrogens with zero attached hydrogens (tertiary/aromatic N) is 2. The van der Waals surface area contributed by atoms with E-state index in [1.807, 2.05) is 37.3 Å². The Hall–Kier alpha value is -3.00. The van der Waals surface area contributed by atoms with Gasteiger partial charge < -0.3 is 10.1 Å². The molecule has 3 aromatic carbocycles. The molecule has 2 heterocycles. The first-order chi connectivity index (χ1) is 19.3. The van der Waals surface area contributed by atoms with E-state index in [4.69, 9.17) is 16.3 Å². The smallest absolute Gasteiger partial charge is 0.251 e. The lowest BCUT2D eigenvalue weighted by Crippen LogP contribution is -2.44. The van der Waals surface area contributed by atoms with Crippen molar-refractivity contribution >= 4 is 17.5 Å². The van der Waals surface area contributed by atoms with Gasteiger partial charge in [-0.15, -0.1) is 0 Å². The molecule has 212 valence electrons. The number of amides is 1. The van der Waals surface area contributed by atoms with Crippen LogP contribution in [0.3, 0.4) is 0 Å². The van der Waals surface area contributed by atoms with Gasteiger partial charge in [-0.1, -0.05) is 29.8 Å². The normalized spacial score (nSPS) is 17.6. The van der Waals surface area contributed by atoms with Crippen LogP contribution in [0.15, 0.2) is 60.7 Å². The minimum Gasteiger partial charge on any atom is -0.490 e. The molecule has 0 atom stereocenters. The zero-order valence-electron chi connectivity index (χ0n) is 22.8. The highest BCUT2D eigenvalue weighted by atomic mass is 35.5. The molecule has 2 aliphatic rings. The molecular weight excluding hydrogens is 532 g/mol. The van der Waals surface area contributed by atoms with Crippen LogP contribution in [0.1, 0.15) is 52.7 Å². The molecule has 0 aliphatic carbocycles. The van der Waals surface area contributed by atoms with E-state index in [-0.39, 0.29) is 18.1 Å². The van der Waals surface area contributed by atoms with Crippen LogP contribution in [0.5, 0.6) is 5.75 Å². The molecule has 0 spiro atoms. The molecular formula is C32H36ClF2N3O2. The van der Waals surface area contributed by atoms with Gasteiger partial charge in [-0.05, 0) is 91.8 Å². The van der Waals surface area contributed by atoms with Crippen LogP contribution in [0.4, 0.5) is 8.78 Å². The molecule has 0 bridgehead atoms. The number of aryl methyl sites for hydroxylation is 1. The first kappa shape index (κ1) is 28.5. The Balaban J connectivity index is 1.06. The molecule has 1 N–H and O–H groups in total. The summed E-state index contributed by atoms with van der Waals surface area (Å²) in [4.78, 5) is 17.6. The molecule has 2 fully saturated rings. The Morgan fingerprint density at radius 3 is 2.12 bits per heavy atom. The average molecular weight is 568 g/mol. The average Bonchev–Trinajstić information content (AvgIpc) is 2.95. The summed E-state index contributed by atoms with van der Waals surface area (Å²) in [5, 5.41) is 3.96. The number of hydrogen-bond acceptors (Lipinski definition) is 4. The summed E-state index contributed by atoms with van der Waals surface area (Å²) in [6, 6.07) is 17.9. The van der Waals surface area contributed by atoms with Crippen molar-refractivity contribution in [3.8, 4) is 5.75 Å². The Morgan fingerprint density at radius 2 is 1.48 bits per heavy atom. The Bertz CT molecular complexity index is 1300. The Morgan fingerprint density at radius 1 is 0.850 bits per heavy atom. The minimum absolute atomic E-state index is 0.0451. The number of piperidine rings is 2. The van der Waals surface area contributed by atoms with Gasteiger partial charge in [0, 0.05) is 55.9 Å². The second-order valence-corrected chi connectivity index (χ2v) is 11.4. The predicted octanol–water partition coefficient (Wildman–Crippen LogP) is 6.36. The maximum Gasteiger partial charge on any atom is 0.251 e. The van der Waals surface area contributed by atoms with Crippen molar-refractivity contribution in [2.45, 2.75) is 57.8 Å². The molecule has 8 heteroatoms. The van der Waals surface area contributed by atoms with Crippen LogP contribution in [-0.4, -0.2) is 54.0 Å². The lowest BCUT2D eigenvalue weighted by atomic mass is 10.0. The number of hydrogen-bond donors (Lipinski definition) is 1. The molecule has 5 rings (SSSR count). The number of halogens is 3. The summed E-state index contributed by atoms with van der Waals surface area (Å²) in [6.45, 7) is 6.99. The van der Waals surface area contributed by atoms with E-state index in [0.29, 0.717) is 12.1 Å². The Kier molecular flexibility index (Phi) is 9.35. The van der Waals surface area contributed by atoms with E-state index >= 15 is 0 Å². The van der Waals surface area contributed by atoms with Crippen molar-refractivity contribution in [1.82, 2.24) is 15.1 Å². The van der Waals surface area contributed by atoms with Crippen molar-refractivity contribution < 1.29 is 18.3 Å². The summed E-state index contributed by atoms with van der Waals surface area (Å²) in [5.41, 5.74) is 3.60. The molecule has 0 radical (unpaired) electrons. The zero-order chi connectivity index (χ0) is 28.1. The third-order valence-electron chi connectivity index (χ3n) is 7.90.